The average Bonchev–Trinajstić information content (AvgIpc) is 3.06. The zero-order valence-electron chi connectivity index (χ0n) is 14.4. The second-order valence-corrected chi connectivity index (χ2v) is 7.06. The molecule has 2 aromatic heterocycles. The molecular formula is C20H16Cl2N4O. The van der Waals surface area contributed by atoms with E-state index in [0.717, 1.165) is 28.1 Å². The number of carbonyl (C=O) groups excluding carboxylic acids is 1. The van der Waals surface area contributed by atoms with E-state index in [2.05, 4.69) is 11.6 Å². The molecule has 0 atom stereocenters. The lowest BCUT2D eigenvalue weighted by molar-refractivity contribution is -0.127. The molecule has 136 valence electrons. The van der Waals surface area contributed by atoms with Crippen LogP contribution in [0.25, 0.3) is 22.4 Å². The van der Waals surface area contributed by atoms with Crippen LogP contribution in [0.2, 0.25) is 10.0 Å². The van der Waals surface area contributed by atoms with E-state index < -0.39 is 0 Å². The average molecular weight is 399 g/mol. The number of hydrogen-bond acceptors (Lipinski definition) is 3. The number of aromatic nitrogens is 3. The van der Waals surface area contributed by atoms with Crippen LogP contribution in [0.15, 0.2) is 55.4 Å². The first-order valence-corrected chi connectivity index (χ1v) is 9.21. The van der Waals surface area contributed by atoms with Crippen LogP contribution in [0.1, 0.15) is 5.69 Å². The highest BCUT2D eigenvalue weighted by molar-refractivity contribution is 6.36. The summed E-state index contributed by atoms with van der Waals surface area (Å²) >= 11 is 12.5. The Bertz CT molecular complexity index is 1030. The van der Waals surface area contributed by atoms with Crippen molar-refractivity contribution in [1.29, 1.82) is 0 Å². The van der Waals surface area contributed by atoms with Crippen molar-refractivity contribution in [3.8, 4) is 22.4 Å². The largest absolute Gasteiger partial charge is 0.331 e. The summed E-state index contributed by atoms with van der Waals surface area (Å²) in [5, 5.41) is 5.92. The monoisotopic (exact) mass is 398 g/mol. The SMILES string of the molecule is C=CC(=O)N1CCn2nc(-c3ccc(Cl)cc3Cl)c(-c3ccncc3)c2C1. The van der Waals surface area contributed by atoms with Crippen molar-refractivity contribution in [1.82, 2.24) is 19.7 Å². The number of pyridine rings is 1. The minimum Gasteiger partial charge on any atom is -0.331 e. The maximum absolute atomic E-state index is 12.1. The molecule has 1 aromatic carbocycles. The molecule has 0 bridgehead atoms. The van der Waals surface area contributed by atoms with E-state index in [4.69, 9.17) is 28.3 Å². The summed E-state index contributed by atoms with van der Waals surface area (Å²) in [5.74, 6) is -0.0887. The third kappa shape index (κ3) is 3.24. The molecule has 0 fully saturated rings. The van der Waals surface area contributed by atoms with Gasteiger partial charge in [0.15, 0.2) is 0 Å². The van der Waals surface area contributed by atoms with E-state index >= 15 is 0 Å². The molecule has 0 saturated carbocycles. The van der Waals surface area contributed by atoms with E-state index in [1.807, 2.05) is 22.9 Å². The van der Waals surface area contributed by atoms with Crippen LogP contribution in [0.5, 0.6) is 0 Å². The van der Waals surface area contributed by atoms with Gasteiger partial charge in [-0.3, -0.25) is 14.5 Å². The molecule has 3 aromatic rings. The van der Waals surface area contributed by atoms with Crippen molar-refractivity contribution < 1.29 is 4.79 Å². The molecule has 7 heteroatoms. The van der Waals surface area contributed by atoms with Gasteiger partial charge in [0, 0.05) is 35.1 Å². The van der Waals surface area contributed by atoms with E-state index in [1.54, 1.807) is 29.4 Å². The van der Waals surface area contributed by atoms with Crippen molar-refractivity contribution in [2.24, 2.45) is 0 Å². The maximum atomic E-state index is 12.1. The van der Waals surface area contributed by atoms with Gasteiger partial charge < -0.3 is 4.90 Å². The number of halogens is 2. The number of rotatable bonds is 3. The van der Waals surface area contributed by atoms with E-state index in [-0.39, 0.29) is 5.91 Å². The van der Waals surface area contributed by atoms with Crippen LogP contribution in [-0.2, 0) is 17.9 Å². The van der Waals surface area contributed by atoms with E-state index in [9.17, 15) is 4.79 Å². The molecule has 0 aliphatic carbocycles. The van der Waals surface area contributed by atoms with E-state index in [1.165, 1.54) is 6.08 Å². The summed E-state index contributed by atoms with van der Waals surface area (Å²) in [6.45, 7) is 5.25. The lowest BCUT2D eigenvalue weighted by Gasteiger charge is -2.27. The van der Waals surface area contributed by atoms with Crippen molar-refractivity contribution in [2.45, 2.75) is 13.1 Å². The van der Waals surface area contributed by atoms with Crippen LogP contribution >= 0.6 is 23.2 Å². The van der Waals surface area contributed by atoms with Gasteiger partial charge in [-0.05, 0) is 42.0 Å². The lowest BCUT2D eigenvalue weighted by Crippen LogP contribution is -2.37. The highest BCUT2D eigenvalue weighted by atomic mass is 35.5. The van der Waals surface area contributed by atoms with Gasteiger partial charge in [-0.25, -0.2) is 0 Å². The quantitative estimate of drug-likeness (QED) is 0.612. The van der Waals surface area contributed by atoms with Gasteiger partial charge in [0.25, 0.3) is 0 Å². The lowest BCUT2D eigenvalue weighted by atomic mass is 9.99. The summed E-state index contributed by atoms with van der Waals surface area (Å²) in [6.07, 6.45) is 4.82. The molecular weight excluding hydrogens is 383 g/mol. The molecule has 27 heavy (non-hydrogen) atoms. The van der Waals surface area contributed by atoms with Crippen LogP contribution in [-0.4, -0.2) is 32.1 Å². The minimum atomic E-state index is -0.0887. The fourth-order valence-electron chi connectivity index (χ4n) is 3.33. The third-order valence-corrected chi connectivity index (χ3v) is 5.17. The number of carbonyl (C=O) groups is 1. The Hall–Kier alpha value is -2.63. The number of hydrogen-bond donors (Lipinski definition) is 0. The molecule has 0 radical (unpaired) electrons. The highest BCUT2D eigenvalue weighted by Crippen LogP contribution is 2.39. The Balaban J connectivity index is 1.92. The normalized spacial score (nSPS) is 13.3. The Morgan fingerprint density at radius 2 is 1.93 bits per heavy atom. The first-order valence-electron chi connectivity index (χ1n) is 8.45. The van der Waals surface area contributed by atoms with Crippen molar-refractivity contribution in [2.75, 3.05) is 6.54 Å². The van der Waals surface area contributed by atoms with Crippen molar-refractivity contribution in [3.05, 3.63) is 71.1 Å². The highest BCUT2D eigenvalue weighted by Gasteiger charge is 2.27. The first kappa shape index (κ1) is 17.8. The molecule has 0 N–H and O–H groups in total. The van der Waals surface area contributed by atoms with Crippen LogP contribution in [0, 0.1) is 0 Å². The zero-order chi connectivity index (χ0) is 19.0. The summed E-state index contributed by atoms with van der Waals surface area (Å²) in [7, 11) is 0. The minimum absolute atomic E-state index is 0.0887. The first-order chi connectivity index (χ1) is 13.1. The van der Waals surface area contributed by atoms with Gasteiger partial charge in [0.1, 0.15) is 5.69 Å². The molecule has 5 nitrogen and oxygen atoms in total. The Kier molecular flexibility index (Phi) is 4.72. The van der Waals surface area contributed by atoms with Crippen LogP contribution in [0.3, 0.4) is 0 Å². The van der Waals surface area contributed by atoms with Crippen molar-refractivity contribution >= 4 is 29.1 Å². The molecule has 4 rings (SSSR count). The fraction of sp³-hybridized carbons (Fsp3) is 0.150. The molecule has 1 aliphatic rings. The zero-order valence-corrected chi connectivity index (χ0v) is 15.9. The van der Waals surface area contributed by atoms with Gasteiger partial charge in [0.05, 0.1) is 23.8 Å². The van der Waals surface area contributed by atoms with Crippen LogP contribution < -0.4 is 0 Å². The standard InChI is InChI=1S/C20H16Cl2N4O/c1-2-18(27)25-9-10-26-17(12-25)19(13-5-7-23-8-6-13)20(24-26)15-4-3-14(21)11-16(15)22/h2-8,11H,1,9-10,12H2. The molecule has 0 saturated heterocycles. The second-order valence-electron chi connectivity index (χ2n) is 6.22. The molecule has 0 unspecified atom stereocenters. The van der Waals surface area contributed by atoms with Gasteiger partial charge in [0.2, 0.25) is 5.91 Å². The van der Waals surface area contributed by atoms with Gasteiger partial charge >= 0.3 is 0 Å². The fourth-order valence-corrected chi connectivity index (χ4v) is 3.82. The number of nitrogens with zero attached hydrogens (tertiary/aromatic N) is 4. The van der Waals surface area contributed by atoms with Gasteiger partial charge in [-0.2, -0.15) is 5.10 Å². The summed E-state index contributed by atoms with van der Waals surface area (Å²) in [5.41, 5.74) is 4.45. The summed E-state index contributed by atoms with van der Waals surface area (Å²) in [4.78, 5) is 18.0. The molecule has 1 aliphatic heterocycles. The molecule has 1 amide bonds. The Morgan fingerprint density at radius 1 is 1.15 bits per heavy atom. The van der Waals surface area contributed by atoms with Crippen LogP contribution in [0.4, 0.5) is 0 Å². The molecule has 3 heterocycles. The number of fused-ring (bicyclic) bond motifs is 1. The van der Waals surface area contributed by atoms with Gasteiger partial charge in [-0.15, -0.1) is 0 Å². The smallest absolute Gasteiger partial charge is 0.246 e. The number of amides is 1. The van der Waals surface area contributed by atoms with Crippen molar-refractivity contribution in [3.63, 3.8) is 0 Å². The summed E-state index contributed by atoms with van der Waals surface area (Å²) < 4.78 is 1.95. The third-order valence-electron chi connectivity index (χ3n) is 4.62. The maximum Gasteiger partial charge on any atom is 0.246 e. The van der Waals surface area contributed by atoms with E-state index in [0.29, 0.717) is 29.7 Å². The van der Waals surface area contributed by atoms with Gasteiger partial charge in [-0.1, -0.05) is 29.8 Å². The topological polar surface area (TPSA) is 51.0 Å². The predicted octanol–water partition coefficient (Wildman–Crippen LogP) is 4.45. The Labute approximate surface area is 166 Å². The Morgan fingerprint density at radius 3 is 2.63 bits per heavy atom. The summed E-state index contributed by atoms with van der Waals surface area (Å²) in [6, 6.07) is 9.24. The predicted molar refractivity (Wildman–Crippen MR) is 107 cm³/mol. The molecule has 0 spiro atoms. The second kappa shape index (κ2) is 7.18. The number of benzene rings is 1.